The van der Waals surface area contributed by atoms with Crippen LogP contribution in [0.25, 0.3) is 0 Å². The number of pyridine rings is 1. The number of carbonyl (C=O) groups excluding carboxylic acids is 2. The lowest BCUT2D eigenvalue weighted by Crippen LogP contribution is -2.50. The Bertz CT molecular complexity index is 1160. The third kappa shape index (κ3) is 3.16. The quantitative estimate of drug-likeness (QED) is 0.716. The number of nitrogens with zero attached hydrogens (tertiary/aromatic N) is 3. The van der Waals surface area contributed by atoms with Gasteiger partial charge in [-0.25, -0.2) is 0 Å². The molecule has 6 rings (SSSR count). The lowest BCUT2D eigenvalue weighted by atomic mass is 9.82. The number of benzene rings is 1. The maximum absolute atomic E-state index is 13.4. The Labute approximate surface area is 185 Å². The van der Waals surface area contributed by atoms with Crippen LogP contribution in [0.5, 0.6) is 11.5 Å². The molecule has 2 bridgehead atoms. The summed E-state index contributed by atoms with van der Waals surface area (Å²) >= 11 is 0. The Hall–Kier alpha value is -3.29. The molecule has 2 aromatic rings. The molecule has 5 heterocycles. The van der Waals surface area contributed by atoms with E-state index in [1.807, 2.05) is 33.7 Å². The van der Waals surface area contributed by atoms with Gasteiger partial charge in [0, 0.05) is 62.0 Å². The van der Waals surface area contributed by atoms with Crippen LogP contribution in [0.3, 0.4) is 0 Å². The molecule has 0 spiro atoms. The van der Waals surface area contributed by atoms with Gasteiger partial charge >= 0.3 is 0 Å². The van der Waals surface area contributed by atoms with Gasteiger partial charge in [-0.3, -0.25) is 14.4 Å². The Balaban J connectivity index is 1.19. The van der Waals surface area contributed by atoms with E-state index in [-0.39, 0.29) is 41.5 Å². The summed E-state index contributed by atoms with van der Waals surface area (Å²) < 4.78 is 13.1. The first-order valence-corrected chi connectivity index (χ1v) is 11.3. The number of hydrogen-bond donors (Lipinski definition) is 0. The van der Waals surface area contributed by atoms with Gasteiger partial charge in [0.1, 0.15) is 13.2 Å². The van der Waals surface area contributed by atoms with Crippen molar-refractivity contribution in [3.63, 3.8) is 0 Å². The van der Waals surface area contributed by atoms with E-state index in [1.54, 1.807) is 17.0 Å². The first-order valence-electron chi connectivity index (χ1n) is 11.3. The Kier molecular flexibility index (Phi) is 4.48. The van der Waals surface area contributed by atoms with Crippen molar-refractivity contribution < 1.29 is 19.1 Å². The van der Waals surface area contributed by atoms with E-state index in [0.29, 0.717) is 50.9 Å². The summed E-state index contributed by atoms with van der Waals surface area (Å²) in [5.41, 5.74) is 1.79. The zero-order valence-corrected chi connectivity index (χ0v) is 17.7. The summed E-state index contributed by atoms with van der Waals surface area (Å²) in [7, 11) is 0. The molecule has 4 aliphatic heterocycles. The van der Waals surface area contributed by atoms with Gasteiger partial charge in [-0.15, -0.1) is 0 Å². The van der Waals surface area contributed by atoms with Gasteiger partial charge in [0.15, 0.2) is 11.5 Å². The van der Waals surface area contributed by atoms with Crippen molar-refractivity contribution >= 4 is 17.5 Å². The second-order valence-electron chi connectivity index (χ2n) is 9.17. The van der Waals surface area contributed by atoms with Crippen molar-refractivity contribution in [1.29, 1.82) is 0 Å². The normalized spacial score (nSPS) is 26.1. The van der Waals surface area contributed by atoms with E-state index in [0.717, 1.165) is 17.8 Å². The summed E-state index contributed by atoms with van der Waals surface area (Å²) in [6.45, 7) is 3.28. The van der Waals surface area contributed by atoms with Crippen LogP contribution in [-0.4, -0.2) is 54.1 Å². The third-order valence-electron chi connectivity index (χ3n) is 7.10. The third-order valence-corrected chi connectivity index (χ3v) is 7.10. The van der Waals surface area contributed by atoms with Crippen molar-refractivity contribution in [2.45, 2.75) is 25.3 Å². The zero-order chi connectivity index (χ0) is 21.8. The molecule has 0 aliphatic carbocycles. The molecule has 0 unspecified atom stereocenters. The zero-order valence-electron chi connectivity index (χ0n) is 17.7. The number of amides is 2. The van der Waals surface area contributed by atoms with Crippen molar-refractivity contribution in [1.82, 2.24) is 9.47 Å². The molecule has 32 heavy (non-hydrogen) atoms. The van der Waals surface area contributed by atoms with Crippen LogP contribution in [0.15, 0.2) is 41.2 Å². The van der Waals surface area contributed by atoms with Crippen LogP contribution < -0.4 is 19.9 Å². The second-order valence-corrected chi connectivity index (χ2v) is 9.17. The minimum absolute atomic E-state index is 0.0356. The summed E-state index contributed by atoms with van der Waals surface area (Å²) in [5.74, 6) is 1.40. The molecule has 1 aromatic carbocycles. The molecule has 0 saturated carbocycles. The Morgan fingerprint density at radius 3 is 2.66 bits per heavy atom. The first kappa shape index (κ1) is 19.4. The minimum Gasteiger partial charge on any atom is -0.486 e. The van der Waals surface area contributed by atoms with E-state index >= 15 is 0 Å². The molecule has 2 saturated heterocycles. The van der Waals surface area contributed by atoms with Gasteiger partial charge in [0.2, 0.25) is 11.8 Å². The van der Waals surface area contributed by atoms with Crippen molar-refractivity contribution in [2.24, 2.45) is 11.8 Å². The standard InChI is InChI=1S/C24H25N3O5/c28-22-3-1-2-19-16-8-15(12-27(19)22)11-25(13-16)24(30)17-9-23(29)26(14-17)18-4-5-20-21(10-18)32-7-6-31-20/h1-5,10,15-17H,6-9,11-14H2/t15-,16+,17-/m0/s1. The number of anilines is 1. The highest BCUT2D eigenvalue weighted by atomic mass is 16.6. The van der Waals surface area contributed by atoms with Crippen molar-refractivity contribution in [2.75, 3.05) is 37.7 Å². The molecule has 2 fully saturated rings. The maximum atomic E-state index is 13.4. The van der Waals surface area contributed by atoms with Gasteiger partial charge in [-0.2, -0.15) is 0 Å². The van der Waals surface area contributed by atoms with E-state index in [9.17, 15) is 14.4 Å². The Morgan fingerprint density at radius 2 is 1.78 bits per heavy atom. The lowest BCUT2D eigenvalue weighted by molar-refractivity contribution is -0.138. The van der Waals surface area contributed by atoms with Gasteiger partial charge in [-0.1, -0.05) is 6.07 Å². The van der Waals surface area contributed by atoms with Crippen molar-refractivity contribution in [3.05, 3.63) is 52.4 Å². The predicted molar refractivity (Wildman–Crippen MR) is 116 cm³/mol. The molecule has 3 atom stereocenters. The first-order chi connectivity index (χ1) is 15.6. The number of ether oxygens (including phenoxy) is 2. The fourth-order valence-corrected chi connectivity index (χ4v) is 5.66. The summed E-state index contributed by atoms with van der Waals surface area (Å²) in [6, 6.07) is 10.9. The number of likely N-dealkylation sites (tertiary alicyclic amines) is 1. The molecule has 0 radical (unpaired) electrons. The smallest absolute Gasteiger partial charge is 0.250 e. The lowest BCUT2D eigenvalue weighted by Gasteiger charge is -2.43. The molecule has 8 nitrogen and oxygen atoms in total. The maximum Gasteiger partial charge on any atom is 0.250 e. The van der Waals surface area contributed by atoms with E-state index in [1.165, 1.54) is 0 Å². The second kappa shape index (κ2) is 7.39. The molecule has 1 aromatic heterocycles. The molecular weight excluding hydrogens is 410 g/mol. The van der Waals surface area contributed by atoms with Crippen molar-refractivity contribution in [3.8, 4) is 11.5 Å². The molecule has 0 N–H and O–H groups in total. The molecule has 2 amide bonds. The molecule has 4 aliphatic rings. The largest absolute Gasteiger partial charge is 0.486 e. The van der Waals surface area contributed by atoms with Crippen LogP contribution >= 0.6 is 0 Å². The summed E-state index contributed by atoms with van der Waals surface area (Å²) in [6.07, 6.45) is 1.22. The minimum atomic E-state index is -0.354. The Morgan fingerprint density at radius 1 is 0.938 bits per heavy atom. The SMILES string of the molecule is O=C([C@H]1CC(=O)N(c2ccc3c(c2)OCCO3)C1)N1C[C@@H]2C[C@H](C1)c1cccc(=O)n1C2. The van der Waals surface area contributed by atoms with Gasteiger partial charge in [0.25, 0.3) is 5.56 Å². The highest BCUT2D eigenvalue weighted by molar-refractivity contribution is 6.00. The predicted octanol–water partition coefficient (Wildman–Crippen LogP) is 1.62. The highest BCUT2D eigenvalue weighted by Gasteiger charge is 2.42. The molecular formula is C24H25N3O5. The average Bonchev–Trinajstić information content (AvgIpc) is 3.20. The van der Waals surface area contributed by atoms with Gasteiger partial charge < -0.3 is 23.8 Å². The number of piperidine rings is 1. The summed E-state index contributed by atoms with van der Waals surface area (Å²) in [5, 5.41) is 0. The van der Waals surface area contributed by atoms with E-state index < -0.39 is 0 Å². The summed E-state index contributed by atoms with van der Waals surface area (Å²) in [4.78, 5) is 42.0. The van der Waals surface area contributed by atoms with Crippen LogP contribution in [0.1, 0.15) is 24.5 Å². The van der Waals surface area contributed by atoms with Gasteiger partial charge in [0.05, 0.1) is 5.92 Å². The van der Waals surface area contributed by atoms with Crippen LogP contribution in [-0.2, 0) is 16.1 Å². The molecule has 166 valence electrons. The van der Waals surface area contributed by atoms with Gasteiger partial charge in [-0.05, 0) is 30.5 Å². The topological polar surface area (TPSA) is 81.1 Å². The monoisotopic (exact) mass is 435 g/mol. The van der Waals surface area contributed by atoms with Crippen LogP contribution in [0.2, 0.25) is 0 Å². The number of rotatable bonds is 2. The fourth-order valence-electron chi connectivity index (χ4n) is 5.66. The highest BCUT2D eigenvalue weighted by Crippen LogP contribution is 2.38. The molecule has 8 heteroatoms. The fraction of sp³-hybridized carbons (Fsp3) is 0.458. The number of aromatic nitrogens is 1. The average molecular weight is 435 g/mol. The van der Waals surface area contributed by atoms with E-state index in [2.05, 4.69) is 0 Å². The van der Waals surface area contributed by atoms with Crippen LogP contribution in [0, 0.1) is 11.8 Å². The number of carbonyl (C=O) groups is 2. The number of fused-ring (bicyclic) bond motifs is 5. The van der Waals surface area contributed by atoms with Crippen LogP contribution in [0.4, 0.5) is 5.69 Å². The number of hydrogen-bond acceptors (Lipinski definition) is 5. The van der Waals surface area contributed by atoms with E-state index in [4.69, 9.17) is 9.47 Å².